The zero-order valence-electron chi connectivity index (χ0n) is 4.95. The number of rotatable bonds is 2. The van der Waals surface area contributed by atoms with E-state index in [4.69, 9.17) is 9.52 Å². The van der Waals surface area contributed by atoms with Crippen molar-refractivity contribution in [1.82, 2.24) is 0 Å². The van der Waals surface area contributed by atoms with Crippen LogP contribution in [0.5, 0.6) is 0 Å². The fourth-order valence-electron chi connectivity index (χ4n) is 0.579. The van der Waals surface area contributed by atoms with E-state index >= 15 is 0 Å². The Morgan fingerprint density at radius 3 is 3.00 bits per heavy atom. The second-order valence-corrected chi connectivity index (χ2v) is 1.74. The van der Waals surface area contributed by atoms with Gasteiger partial charge in [-0.05, 0) is 6.07 Å². The normalized spacial score (nSPS) is 13.0. The molecule has 0 aromatic carbocycles. The Morgan fingerprint density at radius 1 is 1.78 bits per heavy atom. The molecule has 1 atom stereocenters. The van der Waals surface area contributed by atoms with E-state index in [1.807, 2.05) is 0 Å². The van der Waals surface area contributed by atoms with Gasteiger partial charge in [-0.3, -0.25) is 0 Å². The maximum Gasteiger partial charge on any atom is 0.1000 e. The van der Waals surface area contributed by atoms with E-state index in [2.05, 4.69) is 6.58 Å². The van der Waals surface area contributed by atoms with Crippen LogP contribution in [0.2, 0.25) is 0 Å². The smallest absolute Gasteiger partial charge is 0.1000 e. The Labute approximate surface area is 53.4 Å². The van der Waals surface area contributed by atoms with E-state index in [-0.39, 0.29) is 0 Å². The fourth-order valence-corrected chi connectivity index (χ4v) is 0.579. The topological polar surface area (TPSA) is 33.4 Å². The zero-order chi connectivity index (χ0) is 6.69. The molecular formula is C7H8O2. The average Bonchev–Trinajstić information content (AvgIpc) is 2.37. The molecule has 0 bridgehead atoms. The quantitative estimate of drug-likeness (QED) is 0.606. The molecule has 0 aliphatic carbocycles. The molecule has 48 valence electrons. The van der Waals surface area contributed by atoms with Gasteiger partial charge in [-0.2, -0.15) is 0 Å². The Bertz CT molecular complexity index is 177. The summed E-state index contributed by atoms with van der Waals surface area (Å²) in [4.78, 5) is 0. The molecule has 9 heavy (non-hydrogen) atoms. The molecule has 2 nitrogen and oxygen atoms in total. The van der Waals surface area contributed by atoms with Gasteiger partial charge in [0.25, 0.3) is 0 Å². The van der Waals surface area contributed by atoms with Crippen LogP contribution in [-0.4, -0.2) is 5.11 Å². The summed E-state index contributed by atoms with van der Waals surface area (Å²) < 4.78 is 4.73. The first kappa shape index (κ1) is 6.11. The van der Waals surface area contributed by atoms with Gasteiger partial charge < -0.3 is 9.52 Å². The molecule has 1 rings (SSSR count). The lowest BCUT2D eigenvalue weighted by Gasteiger charge is -1.96. The highest BCUT2D eigenvalue weighted by Crippen LogP contribution is 2.12. The maximum absolute atomic E-state index is 9.04. The van der Waals surface area contributed by atoms with Crippen LogP contribution in [0.25, 0.3) is 0 Å². The molecule has 2 heteroatoms. The number of furan rings is 1. The molecule has 0 spiro atoms. The predicted molar refractivity (Wildman–Crippen MR) is 33.9 cm³/mol. The fraction of sp³-hybridized carbons (Fsp3) is 0.143. The first-order chi connectivity index (χ1) is 4.34. The Kier molecular flexibility index (Phi) is 1.70. The van der Waals surface area contributed by atoms with Gasteiger partial charge in [-0.25, -0.2) is 0 Å². The zero-order valence-corrected chi connectivity index (χ0v) is 4.95. The molecule has 0 amide bonds. The van der Waals surface area contributed by atoms with Gasteiger partial charge in [0.05, 0.1) is 18.6 Å². The van der Waals surface area contributed by atoms with Crippen LogP contribution in [0.3, 0.4) is 0 Å². The number of hydrogen-bond donors (Lipinski definition) is 1. The lowest BCUT2D eigenvalue weighted by Crippen LogP contribution is -1.87. The van der Waals surface area contributed by atoms with E-state index in [0.717, 1.165) is 5.56 Å². The highest BCUT2D eigenvalue weighted by molar-refractivity contribution is 5.13. The molecule has 0 fully saturated rings. The summed E-state index contributed by atoms with van der Waals surface area (Å²) >= 11 is 0. The van der Waals surface area contributed by atoms with Gasteiger partial charge in [0.1, 0.15) is 0 Å². The minimum atomic E-state index is -0.594. The van der Waals surface area contributed by atoms with Gasteiger partial charge in [0.15, 0.2) is 0 Å². The summed E-state index contributed by atoms with van der Waals surface area (Å²) in [5.41, 5.74) is 0.741. The molecule has 0 radical (unpaired) electrons. The monoisotopic (exact) mass is 124 g/mol. The maximum atomic E-state index is 9.04. The van der Waals surface area contributed by atoms with Crippen molar-refractivity contribution in [3.63, 3.8) is 0 Å². The molecule has 0 aliphatic heterocycles. The van der Waals surface area contributed by atoms with Crippen LogP contribution in [0.4, 0.5) is 0 Å². The summed E-state index contributed by atoms with van der Waals surface area (Å²) in [5.74, 6) is 0. The lowest BCUT2D eigenvalue weighted by atomic mass is 10.2. The van der Waals surface area contributed by atoms with Crippen molar-refractivity contribution in [1.29, 1.82) is 0 Å². The second-order valence-electron chi connectivity index (χ2n) is 1.74. The summed E-state index contributed by atoms with van der Waals surface area (Å²) in [6.45, 7) is 3.42. The standard InChI is InChI=1S/C7H8O2/c1-2-7(8)6-3-4-9-5-6/h2-5,7-8H,1H2. The third kappa shape index (κ3) is 1.21. The predicted octanol–water partition coefficient (Wildman–Crippen LogP) is 1.50. The molecule has 1 unspecified atom stereocenters. The lowest BCUT2D eigenvalue weighted by molar-refractivity contribution is 0.228. The van der Waals surface area contributed by atoms with Crippen molar-refractivity contribution in [2.24, 2.45) is 0 Å². The summed E-state index contributed by atoms with van der Waals surface area (Å²) in [6.07, 6.45) is 3.86. The van der Waals surface area contributed by atoms with Gasteiger partial charge in [0, 0.05) is 5.56 Å². The van der Waals surface area contributed by atoms with E-state index in [1.165, 1.54) is 18.6 Å². The number of aliphatic hydroxyl groups excluding tert-OH is 1. The highest BCUT2D eigenvalue weighted by atomic mass is 16.3. The molecule has 1 aromatic heterocycles. The molecule has 0 aliphatic rings. The highest BCUT2D eigenvalue weighted by Gasteiger charge is 2.01. The van der Waals surface area contributed by atoms with E-state index < -0.39 is 6.10 Å². The summed E-state index contributed by atoms with van der Waals surface area (Å²) in [7, 11) is 0. The van der Waals surface area contributed by atoms with Gasteiger partial charge in [-0.15, -0.1) is 6.58 Å². The first-order valence-corrected chi connectivity index (χ1v) is 2.67. The minimum absolute atomic E-state index is 0.594. The molecular weight excluding hydrogens is 116 g/mol. The molecule has 0 saturated heterocycles. The van der Waals surface area contributed by atoms with Crippen molar-refractivity contribution >= 4 is 0 Å². The molecule has 1 heterocycles. The van der Waals surface area contributed by atoms with Crippen molar-refractivity contribution in [3.8, 4) is 0 Å². The van der Waals surface area contributed by atoms with Gasteiger partial charge in [0.2, 0.25) is 0 Å². The Balaban J connectivity index is 2.76. The van der Waals surface area contributed by atoms with E-state index in [0.29, 0.717) is 0 Å². The van der Waals surface area contributed by atoms with E-state index in [1.54, 1.807) is 6.07 Å². The van der Waals surface area contributed by atoms with Crippen LogP contribution in [0.15, 0.2) is 35.7 Å². The van der Waals surface area contributed by atoms with Crippen molar-refractivity contribution < 1.29 is 9.52 Å². The largest absolute Gasteiger partial charge is 0.472 e. The summed E-state index contributed by atoms with van der Waals surface area (Å²) in [6, 6.07) is 1.70. The third-order valence-corrected chi connectivity index (χ3v) is 1.11. The number of hydrogen-bond acceptors (Lipinski definition) is 2. The first-order valence-electron chi connectivity index (χ1n) is 2.67. The third-order valence-electron chi connectivity index (χ3n) is 1.11. The van der Waals surface area contributed by atoms with Crippen molar-refractivity contribution in [2.45, 2.75) is 6.10 Å². The van der Waals surface area contributed by atoms with Crippen molar-refractivity contribution in [3.05, 3.63) is 36.8 Å². The second kappa shape index (κ2) is 2.51. The Morgan fingerprint density at radius 2 is 2.56 bits per heavy atom. The molecule has 0 saturated carbocycles. The van der Waals surface area contributed by atoms with E-state index in [9.17, 15) is 0 Å². The minimum Gasteiger partial charge on any atom is -0.472 e. The van der Waals surface area contributed by atoms with Crippen LogP contribution in [-0.2, 0) is 0 Å². The van der Waals surface area contributed by atoms with Crippen molar-refractivity contribution in [2.75, 3.05) is 0 Å². The number of aliphatic hydroxyl groups is 1. The van der Waals surface area contributed by atoms with Crippen LogP contribution in [0, 0.1) is 0 Å². The van der Waals surface area contributed by atoms with Crippen LogP contribution in [0.1, 0.15) is 11.7 Å². The van der Waals surface area contributed by atoms with Crippen LogP contribution >= 0.6 is 0 Å². The molecule has 1 N–H and O–H groups in total. The average molecular weight is 124 g/mol. The summed E-state index contributed by atoms with van der Waals surface area (Å²) in [5, 5.41) is 9.04. The molecule has 1 aromatic rings. The SMILES string of the molecule is C=CC(O)c1ccoc1. The van der Waals surface area contributed by atoms with Gasteiger partial charge >= 0.3 is 0 Å². The van der Waals surface area contributed by atoms with Crippen LogP contribution < -0.4 is 0 Å². The Hall–Kier alpha value is -1.02. The van der Waals surface area contributed by atoms with Gasteiger partial charge in [-0.1, -0.05) is 6.08 Å².